The first-order valence-corrected chi connectivity index (χ1v) is 10.8. The highest BCUT2D eigenvalue weighted by Gasteiger charge is 2.47. The monoisotopic (exact) mass is 450 g/mol. The van der Waals surface area contributed by atoms with Crippen LogP contribution in [0.1, 0.15) is 24.0 Å². The highest BCUT2D eigenvalue weighted by Crippen LogP contribution is 2.44. The molecular formula is C25H26N2O6. The highest BCUT2D eigenvalue weighted by molar-refractivity contribution is 5.85. The minimum atomic E-state index is -1.09. The summed E-state index contributed by atoms with van der Waals surface area (Å²) in [7, 11) is 0. The topological polar surface area (TPSA) is 114 Å². The van der Waals surface area contributed by atoms with Crippen molar-refractivity contribution in [2.45, 2.75) is 18.9 Å². The molecule has 0 saturated carbocycles. The molecule has 0 aromatic heterocycles. The molecule has 1 fully saturated rings. The first-order chi connectivity index (χ1) is 15.9. The Labute approximate surface area is 191 Å². The summed E-state index contributed by atoms with van der Waals surface area (Å²) in [6.07, 6.45) is 1.69. The number of aliphatic carboxylic acids is 1. The van der Waals surface area contributed by atoms with E-state index in [1.54, 1.807) is 6.92 Å². The van der Waals surface area contributed by atoms with Gasteiger partial charge in [0.25, 0.3) is 0 Å². The summed E-state index contributed by atoms with van der Waals surface area (Å²) in [6, 6.07) is 15.6. The average Bonchev–Trinajstić information content (AvgIpc) is 3.33. The number of carbonyl (C=O) groups excluding carboxylic acids is 2. The van der Waals surface area contributed by atoms with Crippen molar-refractivity contribution >= 4 is 18.0 Å². The third kappa shape index (κ3) is 4.61. The van der Waals surface area contributed by atoms with Gasteiger partial charge in [-0.1, -0.05) is 54.6 Å². The van der Waals surface area contributed by atoms with Crippen molar-refractivity contribution < 1.29 is 29.0 Å². The molecule has 4 rings (SSSR count). The fourth-order valence-electron chi connectivity index (χ4n) is 4.39. The molecule has 3 N–H and O–H groups in total. The molecule has 0 bridgehead atoms. The van der Waals surface area contributed by atoms with Gasteiger partial charge in [-0.05, 0) is 29.2 Å². The van der Waals surface area contributed by atoms with E-state index in [2.05, 4.69) is 22.8 Å². The minimum absolute atomic E-state index is 0.0568. The summed E-state index contributed by atoms with van der Waals surface area (Å²) < 4.78 is 11.1. The number of carboxylic acids is 1. The lowest BCUT2D eigenvalue weighted by molar-refractivity contribution is -0.132. The summed E-state index contributed by atoms with van der Waals surface area (Å²) in [4.78, 5) is 35.9. The second-order valence-electron chi connectivity index (χ2n) is 8.41. The molecule has 1 heterocycles. The molecular weight excluding hydrogens is 424 g/mol. The largest absolute Gasteiger partial charge is 0.478 e. The molecule has 2 amide bonds. The number of rotatable bonds is 7. The number of carbonyl (C=O) groups is 3. The molecule has 1 saturated heterocycles. The normalized spacial score (nSPS) is 21.4. The highest BCUT2D eigenvalue weighted by atomic mass is 16.5. The van der Waals surface area contributed by atoms with Crippen LogP contribution in [0, 0.1) is 5.41 Å². The Morgan fingerprint density at radius 3 is 2.39 bits per heavy atom. The predicted octanol–water partition coefficient (Wildman–Crippen LogP) is 2.69. The van der Waals surface area contributed by atoms with E-state index >= 15 is 0 Å². The molecule has 33 heavy (non-hydrogen) atoms. The zero-order valence-electron chi connectivity index (χ0n) is 18.2. The Balaban J connectivity index is 1.37. The number of fused-ring (bicyclic) bond motifs is 3. The minimum Gasteiger partial charge on any atom is -0.478 e. The van der Waals surface area contributed by atoms with Crippen molar-refractivity contribution in [3.05, 3.63) is 71.8 Å². The van der Waals surface area contributed by atoms with Crippen LogP contribution in [-0.2, 0) is 19.1 Å². The van der Waals surface area contributed by atoms with Gasteiger partial charge in [-0.15, -0.1) is 0 Å². The molecule has 1 aliphatic heterocycles. The Morgan fingerprint density at radius 2 is 1.76 bits per heavy atom. The van der Waals surface area contributed by atoms with Crippen LogP contribution in [-0.4, -0.2) is 55.5 Å². The van der Waals surface area contributed by atoms with Crippen LogP contribution in [0.15, 0.2) is 60.7 Å². The molecule has 0 spiro atoms. The van der Waals surface area contributed by atoms with Gasteiger partial charge >= 0.3 is 12.1 Å². The first kappa shape index (κ1) is 22.5. The average molecular weight is 450 g/mol. The van der Waals surface area contributed by atoms with Crippen LogP contribution in [0.5, 0.6) is 0 Å². The van der Waals surface area contributed by atoms with Gasteiger partial charge in [-0.3, -0.25) is 4.79 Å². The molecule has 8 nitrogen and oxygen atoms in total. The quantitative estimate of drug-likeness (QED) is 0.559. The van der Waals surface area contributed by atoms with Crippen LogP contribution in [0.25, 0.3) is 11.1 Å². The molecule has 172 valence electrons. The maximum atomic E-state index is 12.7. The van der Waals surface area contributed by atoms with Crippen LogP contribution < -0.4 is 10.6 Å². The van der Waals surface area contributed by atoms with Crippen LogP contribution in [0.4, 0.5) is 4.79 Å². The first-order valence-electron chi connectivity index (χ1n) is 10.8. The van der Waals surface area contributed by atoms with Crippen molar-refractivity contribution in [1.82, 2.24) is 10.6 Å². The Morgan fingerprint density at radius 1 is 1.12 bits per heavy atom. The second-order valence-corrected chi connectivity index (χ2v) is 8.41. The molecule has 2 aromatic carbocycles. The van der Waals surface area contributed by atoms with Crippen molar-refractivity contribution in [3.8, 4) is 11.1 Å². The standard InChI is InChI=1S/C25H26N2O6/c1-25(23(30)26-12-6-11-22(28)29)15-32-14-21(25)27-24(31)33-13-20-18-9-4-2-7-16(18)17-8-3-5-10-19(17)20/h2-11,20-21H,12-15H2,1H3,(H,26,30)(H,27,31)(H,28,29)/b11-6+. The number of hydrogen-bond acceptors (Lipinski definition) is 5. The number of nitrogens with one attached hydrogen (secondary N) is 2. The van der Waals surface area contributed by atoms with E-state index in [-0.39, 0.29) is 38.2 Å². The van der Waals surface area contributed by atoms with Gasteiger partial charge in [-0.2, -0.15) is 0 Å². The lowest BCUT2D eigenvalue weighted by Gasteiger charge is -2.28. The van der Waals surface area contributed by atoms with E-state index in [1.165, 1.54) is 6.08 Å². The number of hydrogen-bond donors (Lipinski definition) is 3. The molecule has 1 aliphatic carbocycles. The second kappa shape index (κ2) is 9.46. The molecule has 2 atom stereocenters. The smallest absolute Gasteiger partial charge is 0.407 e. The van der Waals surface area contributed by atoms with Gasteiger partial charge < -0.3 is 25.2 Å². The maximum Gasteiger partial charge on any atom is 0.407 e. The van der Waals surface area contributed by atoms with Gasteiger partial charge in [0.05, 0.1) is 24.7 Å². The Kier molecular flexibility index (Phi) is 6.46. The van der Waals surface area contributed by atoms with Crippen molar-refractivity contribution in [1.29, 1.82) is 0 Å². The van der Waals surface area contributed by atoms with Crippen LogP contribution in [0.2, 0.25) is 0 Å². The predicted molar refractivity (Wildman–Crippen MR) is 121 cm³/mol. The number of carboxylic acid groups (broad SMARTS) is 1. The SMILES string of the molecule is CC1(C(=O)NC/C=C/C(=O)O)COCC1NC(=O)OCC1c2ccccc2-c2ccccc21. The lowest BCUT2D eigenvalue weighted by Crippen LogP contribution is -2.53. The van der Waals surface area contributed by atoms with Crippen LogP contribution >= 0.6 is 0 Å². The molecule has 2 aliphatic rings. The van der Waals surface area contributed by atoms with E-state index in [0.717, 1.165) is 28.3 Å². The number of alkyl carbamates (subject to hydrolysis) is 1. The van der Waals surface area contributed by atoms with Gasteiger partial charge in [0.15, 0.2) is 0 Å². The van der Waals surface area contributed by atoms with E-state index in [0.29, 0.717) is 0 Å². The van der Waals surface area contributed by atoms with E-state index in [4.69, 9.17) is 14.6 Å². The summed E-state index contributed by atoms with van der Waals surface area (Å²) in [5.41, 5.74) is 3.53. The van der Waals surface area contributed by atoms with Gasteiger partial charge in [0.1, 0.15) is 6.61 Å². The fraction of sp³-hybridized carbons (Fsp3) is 0.320. The van der Waals surface area contributed by atoms with Crippen molar-refractivity contribution in [2.75, 3.05) is 26.4 Å². The number of benzene rings is 2. The van der Waals surface area contributed by atoms with E-state index in [9.17, 15) is 14.4 Å². The van der Waals surface area contributed by atoms with Crippen LogP contribution in [0.3, 0.4) is 0 Å². The maximum absolute atomic E-state index is 12.7. The summed E-state index contributed by atoms with van der Waals surface area (Å²) >= 11 is 0. The summed E-state index contributed by atoms with van der Waals surface area (Å²) in [6.45, 7) is 2.26. The zero-order valence-corrected chi connectivity index (χ0v) is 18.2. The summed E-state index contributed by atoms with van der Waals surface area (Å²) in [5, 5.41) is 14.1. The number of amides is 2. The lowest BCUT2D eigenvalue weighted by atomic mass is 9.84. The molecule has 2 unspecified atom stereocenters. The zero-order chi connectivity index (χ0) is 23.4. The third-order valence-corrected chi connectivity index (χ3v) is 6.25. The molecule has 0 radical (unpaired) electrons. The molecule has 2 aromatic rings. The number of ether oxygens (including phenoxy) is 2. The molecule has 8 heteroatoms. The third-order valence-electron chi connectivity index (χ3n) is 6.25. The van der Waals surface area contributed by atoms with E-state index < -0.39 is 23.5 Å². The Bertz CT molecular complexity index is 1050. The summed E-state index contributed by atoms with van der Waals surface area (Å²) in [5.74, 6) is -1.48. The van der Waals surface area contributed by atoms with Gasteiger partial charge in [0, 0.05) is 18.5 Å². The van der Waals surface area contributed by atoms with Gasteiger partial charge in [0.2, 0.25) is 5.91 Å². The van der Waals surface area contributed by atoms with Crippen molar-refractivity contribution in [2.24, 2.45) is 5.41 Å². The van der Waals surface area contributed by atoms with Gasteiger partial charge in [-0.25, -0.2) is 9.59 Å². The van der Waals surface area contributed by atoms with Crippen molar-refractivity contribution in [3.63, 3.8) is 0 Å². The Hall–Kier alpha value is -3.65. The fourth-order valence-corrected chi connectivity index (χ4v) is 4.39. The van der Waals surface area contributed by atoms with E-state index in [1.807, 2.05) is 36.4 Å².